The van der Waals surface area contributed by atoms with Crippen molar-refractivity contribution in [3.05, 3.63) is 65.5 Å². The molecule has 172 valence electrons. The second-order valence-corrected chi connectivity index (χ2v) is 6.55. The maximum Gasteiger partial charge on any atom is 0.388 e. The largest absolute Gasteiger partial charge is 0.497 e. The van der Waals surface area contributed by atoms with Gasteiger partial charge in [0.25, 0.3) is 5.91 Å². The molecule has 1 unspecified atom stereocenters. The number of hydrogen-bond donors (Lipinski definition) is 2. The van der Waals surface area contributed by atoms with Crippen molar-refractivity contribution in [1.82, 2.24) is 20.4 Å². The van der Waals surface area contributed by atoms with Crippen molar-refractivity contribution in [2.45, 2.75) is 19.6 Å². The average molecular weight is 461 g/mol. The molecule has 1 atom stereocenters. The number of aromatic nitrogens is 3. The van der Waals surface area contributed by atoms with Crippen LogP contribution in [0.25, 0.3) is 11.3 Å². The van der Waals surface area contributed by atoms with Crippen molar-refractivity contribution in [3.8, 4) is 22.9 Å². The van der Waals surface area contributed by atoms with Gasteiger partial charge in [-0.05, 0) is 25.1 Å². The van der Waals surface area contributed by atoms with E-state index in [0.29, 0.717) is 11.3 Å². The summed E-state index contributed by atoms with van der Waals surface area (Å²) in [5.41, 5.74) is 2.77. The first-order valence-electron chi connectivity index (χ1n) is 9.40. The molecule has 2 aromatic heterocycles. The maximum absolute atomic E-state index is 14.5. The molecule has 33 heavy (non-hydrogen) atoms. The van der Waals surface area contributed by atoms with Crippen molar-refractivity contribution in [3.63, 3.8) is 0 Å². The molecular formula is C21H18F3N5O4. The number of ether oxygens (including phenoxy) is 2. The van der Waals surface area contributed by atoms with Gasteiger partial charge in [0.1, 0.15) is 17.3 Å². The first-order valence-corrected chi connectivity index (χ1v) is 9.40. The van der Waals surface area contributed by atoms with Gasteiger partial charge in [0.15, 0.2) is 0 Å². The lowest BCUT2D eigenvalue weighted by molar-refractivity contribution is -0.0528. The van der Waals surface area contributed by atoms with E-state index >= 15 is 0 Å². The van der Waals surface area contributed by atoms with Gasteiger partial charge in [0.2, 0.25) is 5.88 Å². The van der Waals surface area contributed by atoms with Crippen LogP contribution >= 0.6 is 0 Å². The molecule has 2 heterocycles. The van der Waals surface area contributed by atoms with E-state index in [1.165, 1.54) is 56.9 Å². The van der Waals surface area contributed by atoms with Crippen LogP contribution in [0.5, 0.6) is 11.6 Å². The Morgan fingerprint density at radius 2 is 2.03 bits per heavy atom. The molecule has 3 rings (SSSR count). The summed E-state index contributed by atoms with van der Waals surface area (Å²) in [7, 11) is 1.39. The van der Waals surface area contributed by atoms with Gasteiger partial charge in [0, 0.05) is 29.0 Å². The van der Waals surface area contributed by atoms with Crippen molar-refractivity contribution < 1.29 is 32.5 Å². The number of alkyl halides is 2. The lowest BCUT2D eigenvalue weighted by atomic mass is 10.1. The summed E-state index contributed by atoms with van der Waals surface area (Å²) >= 11 is 0. The van der Waals surface area contributed by atoms with E-state index in [2.05, 4.69) is 30.2 Å². The molecule has 9 nitrogen and oxygen atoms in total. The molecule has 0 aliphatic carbocycles. The smallest absolute Gasteiger partial charge is 0.388 e. The van der Waals surface area contributed by atoms with Crippen LogP contribution in [-0.2, 0) is 0 Å². The number of rotatable bonds is 8. The molecule has 0 spiro atoms. The van der Waals surface area contributed by atoms with Gasteiger partial charge in [-0.25, -0.2) is 19.8 Å². The van der Waals surface area contributed by atoms with Gasteiger partial charge in [-0.2, -0.15) is 13.9 Å². The zero-order valence-corrected chi connectivity index (χ0v) is 17.4. The highest BCUT2D eigenvalue weighted by molar-refractivity contribution is 5.93. The second kappa shape index (κ2) is 10.5. The summed E-state index contributed by atoms with van der Waals surface area (Å²) < 4.78 is 48.3. The van der Waals surface area contributed by atoms with Crippen molar-refractivity contribution in [1.29, 1.82) is 0 Å². The minimum Gasteiger partial charge on any atom is -0.497 e. The van der Waals surface area contributed by atoms with E-state index in [1.807, 2.05) is 0 Å². The quantitative estimate of drug-likeness (QED) is 0.391. The van der Waals surface area contributed by atoms with Crippen LogP contribution in [-0.4, -0.2) is 45.9 Å². The molecular weight excluding hydrogens is 443 g/mol. The summed E-state index contributed by atoms with van der Waals surface area (Å²) in [5.74, 6) is -1.41. The molecule has 0 saturated heterocycles. The van der Waals surface area contributed by atoms with Gasteiger partial charge in [-0.15, -0.1) is 0 Å². The lowest BCUT2D eigenvalue weighted by Gasteiger charge is -2.11. The molecule has 0 aliphatic rings. The zero-order valence-electron chi connectivity index (χ0n) is 17.4. The average Bonchev–Trinajstić information content (AvgIpc) is 2.80. The van der Waals surface area contributed by atoms with Crippen LogP contribution < -0.4 is 14.9 Å². The Morgan fingerprint density at radius 1 is 1.24 bits per heavy atom. The Kier molecular flexibility index (Phi) is 7.51. The number of aliphatic hydroxyl groups is 1. The third-order valence-electron chi connectivity index (χ3n) is 4.27. The first kappa shape index (κ1) is 23.6. The fourth-order valence-corrected chi connectivity index (χ4v) is 2.68. The number of halogens is 3. The van der Waals surface area contributed by atoms with E-state index < -0.39 is 24.4 Å². The predicted molar refractivity (Wildman–Crippen MR) is 111 cm³/mol. The molecule has 3 aromatic rings. The lowest BCUT2D eigenvalue weighted by Crippen LogP contribution is -2.19. The SMILES string of the molecule is COc1cc(/C=N/NC(=O)c2cncc(-c3ccc(OC(F)F)nc3)n2)c(F)c(C(C)O)c1. The number of pyridine rings is 1. The summed E-state index contributed by atoms with van der Waals surface area (Å²) in [6.07, 6.45) is 3.77. The summed E-state index contributed by atoms with van der Waals surface area (Å²) in [4.78, 5) is 24.2. The molecule has 12 heteroatoms. The number of aliphatic hydroxyl groups excluding tert-OH is 1. The van der Waals surface area contributed by atoms with E-state index in [0.717, 1.165) is 6.21 Å². The van der Waals surface area contributed by atoms with E-state index in [9.17, 15) is 23.1 Å². The third kappa shape index (κ3) is 6.01. The number of hydrogen-bond acceptors (Lipinski definition) is 8. The number of nitrogens with one attached hydrogen (secondary N) is 1. The Balaban J connectivity index is 1.74. The summed E-state index contributed by atoms with van der Waals surface area (Å²) in [6, 6.07) is 5.37. The molecule has 1 aromatic carbocycles. The Labute approximate surface area is 185 Å². The standard InChI is InChI=1S/C21H18F3N5O4/c1-11(30)15-6-14(32-2)5-13(19(15)22)8-27-29-20(31)17-10-25-9-16(28-17)12-3-4-18(26-7-12)33-21(23)24/h3-11,21,30H,1-2H3,(H,29,31)/b27-8+. The van der Waals surface area contributed by atoms with Crippen molar-refractivity contribution in [2.24, 2.45) is 5.10 Å². The predicted octanol–water partition coefficient (Wildman–Crippen LogP) is 3.10. The summed E-state index contributed by atoms with van der Waals surface area (Å²) in [5, 5.41) is 13.4. The molecule has 0 radical (unpaired) electrons. The number of nitrogens with zero attached hydrogens (tertiary/aromatic N) is 4. The second-order valence-electron chi connectivity index (χ2n) is 6.55. The molecule has 0 saturated carbocycles. The number of hydrazone groups is 1. The Bertz CT molecular complexity index is 1160. The molecule has 2 N–H and O–H groups in total. The zero-order chi connectivity index (χ0) is 24.0. The Hall–Kier alpha value is -4.06. The fourth-order valence-electron chi connectivity index (χ4n) is 2.68. The third-order valence-corrected chi connectivity index (χ3v) is 4.27. The Morgan fingerprint density at radius 3 is 2.67 bits per heavy atom. The molecule has 1 amide bonds. The molecule has 0 aliphatic heterocycles. The van der Waals surface area contributed by atoms with Gasteiger partial charge in [-0.1, -0.05) is 0 Å². The molecule has 0 fully saturated rings. The van der Waals surface area contributed by atoms with Crippen molar-refractivity contribution >= 4 is 12.1 Å². The number of benzene rings is 1. The van der Waals surface area contributed by atoms with E-state index in [4.69, 9.17) is 4.74 Å². The number of carbonyl (C=O) groups is 1. The van der Waals surface area contributed by atoms with Crippen LogP contribution in [0.4, 0.5) is 13.2 Å². The topological polar surface area (TPSA) is 119 Å². The van der Waals surface area contributed by atoms with Gasteiger partial charge in [-0.3, -0.25) is 9.78 Å². The first-order chi connectivity index (χ1) is 15.8. The number of amides is 1. The van der Waals surface area contributed by atoms with Crippen molar-refractivity contribution in [2.75, 3.05) is 7.11 Å². The minimum absolute atomic E-state index is 0.0115. The van der Waals surface area contributed by atoms with Crippen LogP contribution in [0.3, 0.4) is 0 Å². The highest BCUT2D eigenvalue weighted by Crippen LogP contribution is 2.25. The normalized spacial score (nSPS) is 12.1. The fraction of sp³-hybridized carbons (Fsp3) is 0.190. The highest BCUT2D eigenvalue weighted by atomic mass is 19.3. The van der Waals surface area contributed by atoms with E-state index in [-0.39, 0.29) is 28.4 Å². The number of methoxy groups -OCH3 is 1. The van der Waals surface area contributed by atoms with E-state index in [1.54, 1.807) is 0 Å². The highest BCUT2D eigenvalue weighted by Gasteiger charge is 2.15. The molecule has 0 bridgehead atoms. The summed E-state index contributed by atoms with van der Waals surface area (Å²) in [6.45, 7) is -1.60. The number of carbonyl (C=O) groups excluding carboxylic acids is 1. The minimum atomic E-state index is -3.00. The van der Waals surface area contributed by atoms with Gasteiger partial charge < -0.3 is 14.6 Å². The van der Waals surface area contributed by atoms with Gasteiger partial charge >= 0.3 is 6.61 Å². The van der Waals surface area contributed by atoms with Crippen LogP contribution in [0.15, 0.2) is 48.0 Å². The maximum atomic E-state index is 14.5. The van der Waals surface area contributed by atoms with Crippen LogP contribution in [0, 0.1) is 5.82 Å². The monoisotopic (exact) mass is 461 g/mol. The van der Waals surface area contributed by atoms with Gasteiger partial charge in [0.05, 0.1) is 37.5 Å². The van der Waals surface area contributed by atoms with Crippen LogP contribution in [0.1, 0.15) is 34.6 Å². The van der Waals surface area contributed by atoms with Crippen LogP contribution in [0.2, 0.25) is 0 Å².